The van der Waals surface area contributed by atoms with Gasteiger partial charge in [0.25, 0.3) is 11.6 Å². The van der Waals surface area contributed by atoms with Gasteiger partial charge in [-0.25, -0.2) is 0 Å². The van der Waals surface area contributed by atoms with Crippen molar-refractivity contribution >= 4 is 46.6 Å². The standard InChI is InChI=1S/C23H15Cl2N3O4/c24-19-7-3-1-6-16(19)14-32-22-8-4-2-5-15(22)11-17(13-26)23(29)27-21-10-9-18(28(30)31)12-20(21)25/h1-12H,14H2,(H,27,29). The number of nitrogens with zero attached hydrogens (tertiary/aromatic N) is 2. The summed E-state index contributed by atoms with van der Waals surface area (Å²) in [5.74, 6) is -0.259. The molecule has 0 aliphatic rings. The molecule has 32 heavy (non-hydrogen) atoms. The molecule has 3 aromatic rings. The molecule has 0 aliphatic heterocycles. The first kappa shape index (κ1) is 22.8. The molecule has 0 bridgehead atoms. The fourth-order valence-corrected chi connectivity index (χ4v) is 3.13. The predicted octanol–water partition coefficient (Wildman–Crippen LogP) is 6.03. The normalized spacial score (nSPS) is 10.8. The van der Waals surface area contributed by atoms with Crippen molar-refractivity contribution < 1.29 is 14.5 Å². The van der Waals surface area contributed by atoms with Crippen LogP contribution in [-0.4, -0.2) is 10.8 Å². The van der Waals surface area contributed by atoms with Crippen LogP contribution in [0.25, 0.3) is 6.08 Å². The van der Waals surface area contributed by atoms with Crippen molar-refractivity contribution in [3.8, 4) is 11.8 Å². The third-order valence-electron chi connectivity index (χ3n) is 4.34. The number of nitrogens with one attached hydrogen (secondary N) is 1. The number of amides is 1. The minimum atomic E-state index is -0.718. The first-order valence-corrected chi connectivity index (χ1v) is 9.97. The number of carbonyl (C=O) groups excluding carboxylic acids is 1. The Bertz CT molecular complexity index is 1250. The van der Waals surface area contributed by atoms with Crippen LogP contribution < -0.4 is 10.1 Å². The minimum Gasteiger partial charge on any atom is -0.488 e. The van der Waals surface area contributed by atoms with Crippen molar-refractivity contribution in [1.82, 2.24) is 0 Å². The van der Waals surface area contributed by atoms with Gasteiger partial charge in [0.1, 0.15) is 24.0 Å². The maximum absolute atomic E-state index is 12.6. The van der Waals surface area contributed by atoms with Gasteiger partial charge >= 0.3 is 0 Å². The Labute approximate surface area is 193 Å². The van der Waals surface area contributed by atoms with E-state index in [-0.39, 0.29) is 28.6 Å². The van der Waals surface area contributed by atoms with E-state index in [0.29, 0.717) is 16.3 Å². The second-order valence-electron chi connectivity index (χ2n) is 6.46. The van der Waals surface area contributed by atoms with Crippen molar-refractivity contribution in [2.75, 3.05) is 5.32 Å². The van der Waals surface area contributed by atoms with E-state index in [1.165, 1.54) is 18.2 Å². The van der Waals surface area contributed by atoms with Crippen LogP contribution in [0.3, 0.4) is 0 Å². The van der Waals surface area contributed by atoms with Gasteiger partial charge < -0.3 is 10.1 Å². The molecular formula is C23H15Cl2N3O4. The monoisotopic (exact) mass is 467 g/mol. The van der Waals surface area contributed by atoms with Gasteiger partial charge in [-0.3, -0.25) is 14.9 Å². The van der Waals surface area contributed by atoms with Gasteiger partial charge in [0.2, 0.25) is 0 Å². The van der Waals surface area contributed by atoms with E-state index in [9.17, 15) is 20.2 Å². The summed E-state index contributed by atoms with van der Waals surface area (Å²) in [6.07, 6.45) is 1.39. The Morgan fingerprint density at radius 1 is 1.09 bits per heavy atom. The first-order chi connectivity index (χ1) is 15.4. The molecule has 0 unspecified atom stereocenters. The zero-order chi connectivity index (χ0) is 23.1. The van der Waals surface area contributed by atoms with Crippen LogP contribution in [0.2, 0.25) is 10.0 Å². The van der Waals surface area contributed by atoms with Gasteiger partial charge in [0.05, 0.1) is 15.6 Å². The van der Waals surface area contributed by atoms with Crippen LogP contribution >= 0.6 is 23.2 Å². The number of nitro groups is 1. The lowest BCUT2D eigenvalue weighted by Crippen LogP contribution is -2.14. The SMILES string of the molecule is N#CC(=Cc1ccccc1OCc1ccccc1Cl)C(=O)Nc1ccc([N+](=O)[O-])cc1Cl. The summed E-state index contributed by atoms with van der Waals surface area (Å²) >= 11 is 12.2. The van der Waals surface area contributed by atoms with Gasteiger partial charge in [0, 0.05) is 28.3 Å². The number of benzene rings is 3. The molecule has 0 spiro atoms. The third-order valence-corrected chi connectivity index (χ3v) is 5.02. The number of anilines is 1. The zero-order valence-corrected chi connectivity index (χ0v) is 17.9. The maximum atomic E-state index is 12.6. The molecule has 0 saturated carbocycles. The number of carbonyl (C=O) groups is 1. The van der Waals surface area contributed by atoms with Crippen LogP contribution in [0.15, 0.2) is 72.3 Å². The smallest absolute Gasteiger partial charge is 0.271 e. The molecule has 0 saturated heterocycles. The summed E-state index contributed by atoms with van der Waals surface area (Å²) in [5, 5.41) is 23.4. The molecule has 1 amide bonds. The van der Waals surface area contributed by atoms with E-state index in [2.05, 4.69) is 5.32 Å². The van der Waals surface area contributed by atoms with Gasteiger partial charge in [0.15, 0.2) is 0 Å². The summed E-state index contributed by atoms with van der Waals surface area (Å²) < 4.78 is 5.85. The van der Waals surface area contributed by atoms with Gasteiger partial charge in [-0.1, -0.05) is 59.6 Å². The fraction of sp³-hybridized carbons (Fsp3) is 0.0435. The Morgan fingerprint density at radius 3 is 2.50 bits per heavy atom. The summed E-state index contributed by atoms with van der Waals surface area (Å²) in [6.45, 7) is 0.205. The number of hydrogen-bond acceptors (Lipinski definition) is 5. The van der Waals surface area contributed by atoms with E-state index in [0.717, 1.165) is 11.6 Å². The lowest BCUT2D eigenvalue weighted by molar-refractivity contribution is -0.384. The highest BCUT2D eigenvalue weighted by atomic mass is 35.5. The van der Waals surface area contributed by atoms with Crippen LogP contribution in [0.5, 0.6) is 5.75 Å². The Balaban J connectivity index is 1.80. The average molecular weight is 468 g/mol. The van der Waals surface area contributed by atoms with Crippen molar-refractivity contribution in [3.05, 3.63) is 104 Å². The molecule has 3 aromatic carbocycles. The highest BCUT2D eigenvalue weighted by Crippen LogP contribution is 2.28. The molecule has 0 aromatic heterocycles. The van der Waals surface area contributed by atoms with Crippen LogP contribution in [0.1, 0.15) is 11.1 Å². The number of ether oxygens (including phenoxy) is 1. The van der Waals surface area contributed by atoms with E-state index < -0.39 is 10.8 Å². The van der Waals surface area contributed by atoms with Crippen LogP contribution in [-0.2, 0) is 11.4 Å². The Morgan fingerprint density at radius 2 is 1.81 bits per heavy atom. The molecule has 1 N–H and O–H groups in total. The average Bonchev–Trinajstić information content (AvgIpc) is 2.78. The molecule has 3 rings (SSSR count). The van der Waals surface area contributed by atoms with Crippen molar-refractivity contribution in [2.24, 2.45) is 0 Å². The molecule has 9 heteroatoms. The van der Waals surface area contributed by atoms with Crippen LogP contribution in [0, 0.1) is 21.4 Å². The number of para-hydroxylation sites is 1. The topological polar surface area (TPSA) is 105 Å². The van der Waals surface area contributed by atoms with E-state index in [1.807, 2.05) is 24.3 Å². The number of rotatable bonds is 7. The summed E-state index contributed by atoms with van der Waals surface area (Å²) in [7, 11) is 0. The summed E-state index contributed by atoms with van der Waals surface area (Å²) in [5.41, 5.74) is 1.04. The number of non-ortho nitro benzene ring substituents is 1. The van der Waals surface area contributed by atoms with E-state index in [4.69, 9.17) is 27.9 Å². The van der Waals surface area contributed by atoms with E-state index >= 15 is 0 Å². The highest BCUT2D eigenvalue weighted by Gasteiger charge is 2.15. The van der Waals surface area contributed by atoms with Crippen molar-refractivity contribution in [3.63, 3.8) is 0 Å². The molecule has 0 heterocycles. The number of hydrogen-bond donors (Lipinski definition) is 1. The Kier molecular flexibility index (Phi) is 7.45. The summed E-state index contributed by atoms with van der Waals surface area (Å²) in [4.78, 5) is 22.8. The quantitative estimate of drug-likeness (QED) is 0.197. The minimum absolute atomic E-state index is 0.0201. The van der Waals surface area contributed by atoms with Gasteiger partial charge in [-0.2, -0.15) is 5.26 Å². The fourth-order valence-electron chi connectivity index (χ4n) is 2.71. The van der Waals surface area contributed by atoms with Gasteiger partial charge in [-0.15, -0.1) is 0 Å². The number of halogens is 2. The zero-order valence-electron chi connectivity index (χ0n) is 16.4. The van der Waals surface area contributed by atoms with Crippen molar-refractivity contribution in [1.29, 1.82) is 5.26 Å². The molecule has 0 atom stereocenters. The maximum Gasteiger partial charge on any atom is 0.271 e. The third kappa shape index (κ3) is 5.64. The second-order valence-corrected chi connectivity index (χ2v) is 7.28. The predicted molar refractivity (Wildman–Crippen MR) is 123 cm³/mol. The molecule has 0 fully saturated rings. The summed E-state index contributed by atoms with van der Waals surface area (Å²) in [6, 6.07) is 19.6. The molecule has 0 aliphatic carbocycles. The lowest BCUT2D eigenvalue weighted by Gasteiger charge is -2.11. The largest absolute Gasteiger partial charge is 0.488 e. The Hall–Kier alpha value is -3.86. The lowest BCUT2D eigenvalue weighted by atomic mass is 10.1. The van der Waals surface area contributed by atoms with Crippen molar-refractivity contribution in [2.45, 2.75) is 6.61 Å². The first-order valence-electron chi connectivity index (χ1n) is 9.21. The second kappa shape index (κ2) is 10.4. The van der Waals surface area contributed by atoms with E-state index in [1.54, 1.807) is 30.3 Å². The molecule has 0 radical (unpaired) electrons. The highest BCUT2D eigenvalue weighted by molar-refractivity contribution is 6.34. The molecule has 7 nitrogen and oxygen atoms in total. The van der Waals surface area contributed by atoms with Crippen LogP contribution in [0.4, 0.5) is 11.4 Å². The molecular weight excluding hydrogens is 453 g/mol. The number of nitriles is 1. The number of nitro benzene ring substituents is 1. The van der Waals surface area contributed by atoms with Gasteiger partial charge in [-0.05, 0) is 24.3 Å². The molecule has 160 valence electrons.